The largest absolute Gasteiger partial charge is 0.493 e. The number of benzene rings is 2. The van der Waals surface area contributed by atoms with Gasteiger partial charge in [0.2, 0.25) is 0 Å². The second-order valence-corrected chi connectivity index (χ2v) is 6.98. The first-order valence-corrected chi connectivity index (χ1v) is 9.68. The Kier molecular flexibility index (Phi) is 5.86. The zero-order valence-electron chi connectivity index (χ0n) is 16.7. The third-order valence-electron chi connectivity index (χ3n) is 4.53. The lowest BCUT2D eigenvalue weighted by Gasteiger charge is -2.13. The van der Waals surface area contributed by atoms with Gasteiger partial charge in [0, 0.05) is 0 Å². The lowest BCUT2D eigenvalue weighted by atomic mass is 10.1. The van der Waals surface area contributed by atoms with Crippen LogP contribution in [0.5, 0.6) is 11.5 Å². The molecule has 0 fully saturated rings. The molecular formula is C21H16ClN5O5. The molecule has 0 unspecified atom stereocenters. The molecule has 162 valence electrons. The van der Waals surface area contributed by atoms with Gasteiger partial charge in [-0.3, -0.25) is 20.0 Å². The van der Waals surface area contributed by atoms with Gasteiger partial charge < -0.3 is 9.47 Å². The predicted molar refractivity (Wildman–Crippen MR) is 118 cm³/mol. The van der Waals surface area contributed by atoms with Gasteiger partial charge in [-0.2, -0.15) is 4.52 Å². The Morgan fingerprint density at radius 2 is 2.03 bits per heavy atom. The number of hydrogen-bond acceptors (Lipinski definition) is 7. The van der Waals surface area contributed by atoms with Gasteiger partial charge in [0.15, 0.2) is 17.2 Å². The number of nitrogens with zero attached hydrogens (tertiary/aromatic N) is 4. The van der Waals surface area contributed by atoms with Crippen molar-refractivity contribution in [2.75, 3.05) is 7.11 Å². The molecule has 4 rings (SSSR count). The van der Waals surface area contributed by atoms with Crippen LogP contribution >= 0.6 is 11.6 Å². The molecule has 0 saturated carbocycles. The van der Waals surface area contributed by atoms with Crippen LogP contribution in [0.15, 0.2) is 53.6 Å². The molecule has 0 bridgehead atoms. The first-order chi connectivity index (χ1) is 15.5. The highest BCUT2D eigenvalue weighted by Crippen LogP contribution is 2.37. The number of methoxy groups -OCH3 is 1. The number of halogens is 1. The number of rotatable bonds is 7. The van der Waals surface area contributed by atoms with Crippen molar-refractivity contribution >= 4 is 35.2 Å². The fourth-order valence-corrected chi connectivity index (χ4v) is 3.31. The molecular weight excluding hydrogens is 438 g/mol. The van der Waals surface area contributed by atoms with E-state index in [1.807, 2.05) is 30.3 Å². The second kappa shape index (κ2) is 8.90. The van der Waals surface area contributed by atoms with Gasteiger partial charge in [0.1, 0.15) is 12.9 Å². The van der Waals surface area contributed by atoms with Crippen molar-refractivity contribution in [3.63, 3.8) is 0 Å². The van der Waals surface area contributed by atoms with Crippen LogP contribution in [0, 0.1) is 10.1 Å². The maximum absolute atomic E-state index is 12.4. The Morgan fingerprint density at radius 1 is 1.25 bits per heavy atom. The van der Waals surface area contributed by atoms with Crippen LogP contribution in [0.1, 0.15) is 16.8 Å². The number of aromatic amines is 1. The molecule has 0 atom stereocenters. The highest BCUT2D eigenvalue weighted by molar-refractivity contribution is 6.32. The number of nitro groups is 1. The summed E-state index contributed by atoms with van der Waals surface area (Å²) < 4.78 is 12.1. The number of H-pyrrole nitrogens is 1. The van der Waals surface area contributed by atoms with E-state index in [0.717, 1.165) is 10.1 Å². The minimum atomic E-state index is -0.863. The Hall–Kier alpha value is -4.18. The number of fused-ring (bicyclic) bond motifs is 1. The quantitative estimate of drug-likeness (QED) is 0.334. The fraction of sp³-hybridized carbons (Fsp3) is 0.0952. The molecule has 10 nitrogen and oxygen atoms in total. The molecule has 4 aromatic rings. The standard InChI is InChI=1S/C21H16ClN5O5/c1-31-17-10-14(9-15(22)19(17)32-11-13-5-3-2-4-6-13)7-8-16-18(27(29)30)20(28)26-21(25-16)23-12-24-26/h2-10,12H,11H2,1H3,(H,23,24,25)/b8-7+. The molecule has 0 amide bonds. The molecule has 2 heterocycles. The summed E-state index contributed by atoms with van der Waals surface area (Å²) >= 11 is 6.40. The van der Waals surface area contributed by atoms with E-state index in [-0.39, 0.29) is 11.5 Å². The van der Waals surface area contributed by atoms with E-state index in [0.29, 0.717) is 28.7 Å². The van der Waals surface area contributed by atoms with E-state index in [4.69, 9.17) is 21.1 Å². The maximum atomic E-state index is 12.4. The predicted octanol–water partition coefficient (Wildman–Crippen LogP) is 3.74. The van der Waals surface area contributed by atoms with Crippen molar-refractivity contribution in [1.29, 1.82) is 0 Å². The first-order valence-electron chi connectivity index (χ1n) is 9.31. The average molecular weight is 454 g/mol. The normalized spacial score (nSPS) is 11.2. The van der Waals surface area contributed by atoms with Crippen LogP contribution in [0.2, 0.25) is 5.02 Å². The molecule has 0 radical (unpaired) electrons. The summed E-state index contributed by atoms with van der Waals surface area (Å²) in [4.78, 5) is 31.0. The first kappa shape index (κ1) is 21.1. The average Bonchev–Trinajstić information content (AvgIpc) is 3.26. The molecule has 0 aliphatic carbocycles. The molecule has 0 aliphatic heterocycles. The van der Waals surface area contributed by atoms with Crippen LogP contribution in [-0.2, 0) is 6.61 Å². The van der Waals surface area contributed by atoms with Crippen LogP contribution in [0.4, 0.5) is 5.69 Å². The minimum absolute atomic E-state index is 0.0144. The highest BCUT2D eigenvalue weighted by atomic mass is 35.5. The van der Waals surface area contributed by atoms with Crippen molar-refractivity contribution in [3.8, 4) is 11.5 Å². The van der Waals surface area contributed by atoms with Crippen molar-refractivity contribution in [3.05, 3.63) is 91.1 Å². The maximum Gasteiger partial charge on any atom is 0.361 e. The van der Waals surface area contributed by atoms with E-state index in [1.54, 1.807) is 12.1 Å². The van der Waals surface area contributed by atoms with E-state index in [1.165, 1.54) is 25.6 Å². The molecule has 0 saturated heterocycles. The number of hydrogen-bond donors (Lipinski definition) is 1. The van der Waals surface area contributed by atoms with E-state index < -0.39 is 16.2 Å². The summed E-state index contributed by atoms with van der Waals surface area (Å²) in [6.07, 6.45) is 4.11. The smallest absolute Gasteiger partial charge is 0.361 e. The monoisotopic (exact) mass is 453 g/mol. The van der Waals surface area contributed by atoms with Gasteiger partial charge in [-0.05, 0) is 29.3 Å². The fourth-order valence-electron chi connectivity index (χ4n) is 3.03. The molecule has 0 aliphatic rings. The van der Waals surface area contributed by atoms with Crippen LogP contribution in [0.25, 0.3) is 17.9 Å². The topological polar surface area (TPSA) is 125 Å². The summed E-state index contributed by atoms with van der Waals surface area (Å²) in [5, 5.41) is 14.2. The summed E-state index contributed by atoms with van der Waals surface area (Å²) in [5.41, 5.74) is -0.141. The molecule has 32 heavy (non-hydrogen) atoms. The summed E-state index contributed by atoms with van der Waals surface area (Å²) in [7, 11) is 1.48. The molecule has 2 aromatic heterocycles. The summed E-state index contributed by atoms with van der Waals surface area (Å²) in [5.74, 6) is 0.773. The Bertz CT molecular complexity index is 1380. The molecule has 0 spiro atoms. The van der Waals surface area contributed by atoms with Gasteiger partial charge in [-0.15, -0.1) is 0 Å². The lowest BCUT2D eigenvalue weighted by molar-refractivity contribution is -0.386. The van der Waals surface area contributed by atoms with E-state index in [9.17, 15) is 14.9 Å². The molecule has 2 aromatic carbocycles. The minimum Gasteiger partial charge on any atom is -0.493 e. The van der Waals surface area contributed by atoms with Crippen LogP contribution in [-0.4, -0.2) is 31.6 Å². The summed E-state index contributed by atoms with van der Waals surface area (Å²) in [6, 6.07) is 12.9. The van der Waals surface area contributed by atoms with E-state index in [2.05, 4.69) is 15.1 Å². The van der Waals surface area contributed by atoms with E-state index >= 15 is 0 Å². The van der Waals surface area contributed by atoms with Crippen molar-refractivity contribution < 1.29 is 14.4 Å². The zero-order chi connectivity index (χ0) is 22.7. The highest BCUT2D eigenvalue weighted by Gasteiger charge is 2.23. The summed E-state index contributed by atoms with van der Waals surface area (Å²) in [6.45, 7) is 0.301. The van der Waals surface area contributed by atoms with Gasteiger partial charge >= 0.3 is 11.2 Å². The number of ether oxygens (including phenoxy) is 2. The molecule has 11 heteroatoms. The van der Waals surface area contributed by atoms with Crippen LogP contribution in [0.3, 0.4) is 0 Å². The van der Waals surface area contributed by atoms with Gasteiger partial charge in [-0.25, -0.2) is 9.97 Å². The zero-order valence-corrected chi connectivity index (χ0v) is 17.4. The Morgan fingerprint density at radius 3 is 2.75 bits per heavy atom. The lowest BCUT2D eigenvalue weighted by Crippen LogP contribution is -2.20. The van der Waals surface area contributed by atoms with Crippen molar-refractivity contribution in [2.24, 2.45) is 0 Å². The van der Waals surface area contributed by atoms with Gasteiger partial charge in [0.05, 0.1) is 17.1 Å². The van der Waals surface area contributed by atoms with Gasteiger partial charge in [0.25, 0.3) is 5.78 Å². The van der Waals surface area contributed by atoms with Crippen molar-refractivity contribution in [1.82, 2.24) is 19.6 Å². The van der Waals surface area contributed by atoms with Crippen LogP contribution < -0.4 is 15.0 Å². The third-order valence-corrected chi connectivity index (χ3v) is 4.81. The Labute approximate surface area is 185 Å². The number of aromatic nitrogens is 4. The SMILES string of the molecule is COc1cc(/C=C/c2nc3nc[nH]n3c(=O)c2[N+](=O)[O-])cc(Cl)c1OCc1ccccc1. The Balaban J connectivity index is 1.66. The van der Waals surface area contributed by atoms with Crippen molar-refractivity contribution in [2.45, 2.75) is 6.61 Å². The third kappa shape index (κ3) is 4.16. The number of nitrogens with one attached hydrogen (secondary N) is 1. The van der Waals surface area contributed by atoms with Gasteiger partial charge in [-0.1, -0.05) is 48.0 Å². The second-order valence-electron chi connectivity index (χ2n) is 6.57. The molecule has 1 N–H and O–H groups in total.